The maximum atomic E-state index is 11.3. The van der Waals surface area contributed by atoms with Gasteiger partial charge in [0.05, 0.1) is 12.5 Å². The molecule has 0 aromatic rings. The summed E-state index contributed by atoms with van der Waals surface area (Å²) in [6.45, 7) is 6.25. The largest absolute Gasteiger partial charge is 0.466 e. The highest BCUT2D eigenvalue weighted by Crippen LogP contribution is 2.19. The van der Waals surface area contributed by atoms with Crippen LogP contribution in [0.25, 0.3) is 0 Å². The summed E-state index contributed by atoms with van der Waals surface area (Å²) in [4.78, 5) is 11.3. The second-order valence-corrected chi connectivity index (χ2v) is 3.33. The maximum absolute atomic E-state index is 11.3. The van der Waals surface area contributed by atoms with E-state index in [-0.39, 0.29) is 11.9 Å². The molecule has 2 atom stereocenters. The molecule has 3 nitrogen and oxygen atoms in total. The van der Waals surface area contributed by atoms with Gasteiger partial charge in [-0.15, -0.1) is 0 Å². The minimum Gasteiger partial charge on any atom is -0.466 e. The van der Waals surface area contributed by atoms with Crippen molar-refractivity contribution in [3.05, 3.63) is 0 Å². The summed E-state index contributed by atoms with van der Waals surface area (Å²) in [6.07, 6.45) is 1.07. The van der Waals surface area contributed by atoms with Crippen molar-refractivity contribution in [1.82, 2.24) is 5.32 Å². The minimum absolute atomic E-state index is 0.0443. The van der Waals surface area contributed by atoms with Gasteiger partial charge in [-0.25, -0.2) is 0 Å². The molecule has 1 N–H and O–H groups in total. The number of rotatable bonds is 2. The lowest BCUT2D eigenvalue weighted by molar-refractivity contribution is -0.150. The Balaban J connectivity index is 2.42. The van der Waals surface area contributed by atoms with Crippen LogP contribution in [-0.2, 0) is 9.53 Å². The highest BCUT2D eigenvalue weighted by atomic mass is 16.5. The Hall–Kier alpha value is -0.570. The smallest absolute Gasteiger partial charge is 0.310 e. The molecular weight excluding hydrogens is 154 g/mol. The third-order valence-electron chi connectivity index (χ3n) is 2.42. The molecule has 0 aromatic carbocycles. The monoisotopic (exact) mass is 171 g/mol. The standard InChI is InChI=1S/C9H17NO2/c1-3-12-9(11)8-6-10-5-4-7(8)2/h7-8,10H,3-6H2,1-2H3/t7-,8-/m0/s1. The van der Waals surface area contributed by atoms with Gasteiger partial charge in [0.25, 0.3) is 0 Å². The van der Waals surface area contributed by atoms with Crippen molar-refractivity contribution in [3.8, 4) is 0 Å². The summed E-state index contributed by atoms with van der Waals surface area (Å²) in [5, 5.41) is 3.20. The molecule has 1 aliphatic heterocycles. The maximum Gasteiger partial charge on any atom is 0.310 e. The van der Waals surface area contributed by atoms with Crippen LogP contribution in [0.1, 0.15) is 20.3 Å². The third-order valence-corrected chi connectivity index (χ3v) is 2.42. The molecule has 0 bridgehead atoms. The highest BCUT2D eigenvalue weighted by Gasteiger charge is 2.28. The molecule has 1 aliphatic rings. The highest BCUT2D eigenvalue weighted by molar-refractivity contribution is 5.73. The van der Waals surface area contributed by atoms with E-state index in [1.54, 1.807) is 0 Å². The van der Waals surface area contributed by atoms with Gasteiger partial charge >= 0.3 is 5.97 Å². The number of nitrogens with one attached hydrogen (secondary N) is 1. The van der Waals surface area contributed by atoms with Crippen LogP contribution >= 0.6 is 0 Å². The van der Waals surface area contributed by atoms with Crippen LogP contribution in [0.4, 0.5) is 0 Å². The molecule has 0 unspecified atom stereocenters. The van der Waals surface area contributed by atoms with Gasteiger partial charge in [-0.1, -0.05) is 6.92 Å². The molecule has 1 heterocycles. The molecule has 12 heavy (non-hydrogen) atoms. The van der Waals surface area contributed by atoms with Crippen LogP contribution in [0.15, 0.2) is 0 Å². The van der Waals surface area contributed by atoms with E-state index >= 15 is 0 Å². The zero-order valence-corrected chi connectivity index (χ0v) is 7.80. The molecule has 0 saturated carbocycles. The summed E-state index contributed by atoms with van der Waals surface area (Å²) in [5.41, 5.74) is 0. The third kappa shape index (κ3) is 2.21. The Kier molecular flexibility index (Phi) is 3.53. The second-order valence-electron chi connectivity index (χ2n) is 3.33. The van der Waals surface area contributed by atoms with Crippen LogP contribution in [0.2, 0.25) is 0 Å². The lowest BCUT2D eigenvalue weighted by atomic mass is 9.88. The van der Waals surface area contributed by atoms with E-state index in [0.717, 1.165) is 19.5 Å². The van der Waals surface area contributed by atoms with Crippen LogP contribution < -0.4 is 5.32 Å². The average Bonchev–Trinajstić information content (AvgIpc) is 2.05. The van der Waals surface area contributed by atoms with Crippen molar-refractivity contribution in [2.45, 2.75) is 20.3 Å². The second kappa shape index (κ2) is 4.45. The first kappa shape index (κ1) is 9.52. The van der Waals surface area contributed by atoms with E-state index in [4.69, 9.17) is 4.74 Å². The first-order chi connectivity index (χ1) is 5.75. The summed E-state index contributed by atoms with van der Waals surface area (Å²) >= 11 is 0. The number of ether oxygens (including phenoxy) is 1. The van der Waals surface area contributed by atoms with E-state index in [2.05, 4.69) is 12.2 Å². The zero-order chi connectivity index (χ0) is 8.97. The van der Waals surface area contributed by atoms with Crippen molar-refractivity contribution >= 4 is 5.97 Å². The van der Waals surface area contributed by atoms with Crippen LogP contribution in [0.5, 0.6) is 0 Å². The molecular formula is C9H17NO2. The van der Waals surface area contributed by atoms with Crippen molar-refractivity contribution in [2.24, 2.45) is 11.8 Å². The van der Waals surface area contributed by atoms with Gasteiger partial charge in [0.2, 0.25) is 0 Å². The number of esters is 1. The molecule has 0 amide bonds. The number of piperidine rings is 1. The fourth-order valence-corrected chi connectivity index (χ4v) is 1.55. The Morgan fingerprint density at radius 1 is 1.67 bits per heavy atom. The van der Waals surface area contributed by atoms with Crippen molar-refractivity contribution in [1.29, 1.82) is 0 Å². The van der Waals surface area contributed by atoms with Gasteiger partial charge in [-0.05, 0) is 25.8 Å². The average molecular weight is 171 g/mol. The quantitative estimate of drug-likeness (QED) is 0.624. The number of hydrogen-bond acceptors (Lipinski definition) is 3. The van der Waals surface area contributed by atoms with Gasteiger partial charge < -0.3 is 10.1 Å². The lowest BCUT2D eigenvalue weighted by Crippen LogP contribution is -2.40. The van der Waals surface area contributed by atoms with E-state index in [9.17, 15) is 4.79 Å². The van der Waals surface area contributed by atoms with Gasteiger partial charge in [0.15, 0.2) is 0 Å². The van der Waals surface area contributed by atoms with Crippen molar-refractivity contribution in [3.63, 3.8) is 0 Å². The molecule has 0 aromatic heterocycles. The van der Waals surface area contributed by atoms with Gasteiger partial charge in [-0.2, -0.15) is 0 Å². The summed E-state index contributed by atoms with van der Waals surface area (Å²) in [7, 11) is 0. The Morgan fingerprint density at radius 3 is 3.00 bits per heavy atom. The first-order valence-electron chi connectivity index (χ1n) is 4.63. The summed E-state index contributed by atoms with van der Waals surface area (Å²) in [5.74, 6) is 0.487. The summed E-state index contributed by atoms with van der Waals surface area (Å²) < 4.78 is 4.97. The Labute approximate surface area is 73.5 Å². The minimum atomic E-state index is -0.0443. The van der Waals surface area contributed by atoms with E-state index in [1.807, 2.05) is 6.92 Å². The lowest BCUT2D eigenvalue weighted by Gasteiger charge is -2.27. The predicted molar refractivity (Wildman–Crippen MR) is 46.8 cm³/mol. The summed E-state index contributed by atoms with van der Waals surface area (Å²) in [6, 6.07) is 0. The van der Waals surface area contributed by atoms with E-state index < -0.39 is 0 Å². The molecule has 1 fully saturated rings. The molecule has 0 aliphatic carbocycles. The fourth-order valence-electron chi connectivity index (χ4n) is 1.55. The number of carbonyl (C=O) groups excluding carboxylic acids is 1. The van der Waals surface area contributed by atoms with Crippen molar-refractivity contribution < 1.29 is 9.53 Å². The van der Waals surface area contributed by atoms with Crippen LogP contribution in [-0.4, -0.2) is 25.7 Å². The Bertz CT molecular complexity index is 159. The molecule has 70 valence electrons. The normalized spacial score (nSPS) is 29.8. The van der Waals surface area contributed by atoms with E-state index in [1.165, 1.54) is 0 Å². The Morgan fingerprint density at radius 2 is 2.42 bits per heavy atom. The first-order valence-corrected chi connectivity index (χ1v) is 4.63. The van der Waals surface area contributed by atoms with Crippen LogP contribution in [0, 0.1) is 11.8 Å². The van der Waals surface area contributed by atoms with E-state index in [0.29, 0.717) is 12.5 Å². The molecule has 0 spiro atoms. The molecule has 1 saturated heterocycles. The number of carbonyl (C=O) groups is 1. The van der Waals surface area contributed by atoms with Crippen LogP contribution in [0.3, 0.4) is 0 Å². The number of hydrogen-bond donors (Lipinski definition) is 1. The zero-order valence-electron chi connectivity index (χ0n) is 7.80. The predicted octanol–water partition coefficient (Wildman–Crippen LogP) is 0.795. The van der Waals surface area contributed by atoms with Crippen molar-refractivity contribution in [2.75, 3.05) is 19.7 Å². The SMILES string of the molecule is CCOC(=O)[C@H]1CNCC[C@@H]1C. The molecule has 3 heteroatoms. The van der Waals surface area contributed by atoms with Gasteiger partial charge in [-0.3, -0.25) is 4.79 Å². The fraction of sp³-hybridized carbons (Fsp3) is 0.889. The topological polar surface area (TPSA) is 38.3 Å². The van der Waals surface area contributed by atoms with Gasteiger partial charge in [0, 0.05) is 6.54 Å². The molecule has 1 rings (SSSR count). The molecule has 0 radical (unpaired) electrons. The van der Waals surface area contributed by atoms with Gasteiger partial charge in [0.1, 0.15) is 0 Å².